The van der Waals surface area contributed by atoms with E-state index < -0.39 is 0 Å². The quantitative estimate of drug-likeness (QED) is 0.375. The van der Waals surface area contributed by atoms with Crippen LogP contribution in [0.4, 0.5) is 0 Å². The summed E-state index contributed by atoms with van der Waals surface area (Å²) in [6, 6.07) is 8.61. The molecule has 2 aromatic heterocycles. The Morgan fingerprint density at radius 2 is 2.07 bits per heavy atom. The molecule has 3 rings (SSSR count). The van der Waals surface area contributed by atoms with Crippen LogP contribution in [0.5, 0.6) is 5.75 Å². The number of carbonyl (C=O) groups excluding carboxylic acids is 1. The second kappa shape index (κ2) is 9.89. The van der Waals surface area contributed by atoms with Crippen LogP contribution in [0.15, 0.2) is 39.2 Å². The van der Waals surface area contributed by atoms with Gasteiger partial charge in [0.1, 0.15) is 28.3 Å². The van der Waals surface area contributed by atoms with E-state index in [-0.39, 0.29) is 18.3 Å². The van der Waals surface area contributed by atoms with Crippen LogP contribution in [0.1, 0.15) is 28.4 Å². The summed E-state index contributed by atoms with van der Waals surface area (Å²) in [5.41, 5.74) is 0.676. The fourth-order valence-electron chi connectivity index (χ4n) is 2.52. The Kier molecular flexibility index (Phi) is 7.51. The van der Waals surface area contributed by atoms with Gasteiger partial charge in [-0.25, -0.2) is 0 Å². The third-order valence-corrected chi connectivity index (χ3v) is 5.70. The lowest BCUT2D eigenvalue weighted by molar-refractivity contribution is 0.0921. The molecule has 0 aliphatic carbocycles. The standard InChI is InChI=1S/C19H17BrCl3N3O3/c1-11-17(22)18(23)26(25-11)8-2-7-24-19(27)16-6-4-13(29-16)10-28-15-5-3-12(20)9-14(15)21/h3-6,9H,2,7-8,10H2,1H3,(H,24,27). The maximum absolute atomic E-state index is 12.2. The Morgan fingerprint density at radius 3 is 2.76 bits per heavy atom. The Balaban J connectivity index is 1.45. The fraction of sp³-hybridized carbons (Fsp3) is 0.263. The van der Waals surface area contributed by atoms with Crippen LogP contribution in [0.2, 0.25) is 15.2 Å². The molecule has 1 N–H and O–H groups in total. The minimum atomic E-state index is -0.307. The van der Waals surface area contributed by atoms with Crippen molar-refractivity contribution in [3.05, 3.63) is 67.2 Å². The molecule has 2 heterocycles. The largest absolute Gasteiger partial charge is 0.484 e. The van der Waals surface area contributed by atoms with Crippen molar-refractivity contribution in [2.45, 2.75) is 26.5 Å². The highest BCUT2D eigenvalue weighted by Crippen LogP contribution is 2.28. The topological polar surface area (TPSA) is 69.3 Å². The number of ether oxygens (including phenoxy) is 1. The van der Waals surface area contributed by atoms with Crippen LogP contribution in [-0.4, -0.2) is 22.2 Å². The number of nitrogens with zero attached hydrogens (tertiary/aromatic N) is 2. The predicted molar refractivity (Wildman–Crippen MR) is 116 cm³/mol. The molecule has 0 bridgehead atoms. The molecule has 0 atom stereocenters. The van der Waals surface area contributed by atoms with E-state index in [0.717, 1.165) is 4.47 Å². The number of benzene rings is 1. The molecule has 1 aromatic carbocycles. The molecule has 0 unspecified atom stereocenters. The van der Waals surface area contributed by atoms with E-state index in [1.54, 1.807) is 35.9 Å². The van der Waals surface area contributed by atoms with Gasteiger partial charge < -0.3 is 14.5 Å². The minimum Gasteiger partial charge on any atom is -0.484 e. The number of hydrogen-bond donors (Lipinski definition) is 1. The van der Waals surface area contributed by atoms with E-state index in [0.29, 0.717) is 51.9 Å². The molecule has 29 heavy (non-hydrogen) atoms. The first-order valence-corrected chi connectivity index (χ1v) is 10.6. The SMILES string of the molecule is Cc1nn(CCCNC(=O)c2ccc(COc3ccc(Br)cc3Cl)o2)c(Cl)c1Cl. The van der Waals surface area contributed by atoms with Crippen molar-refractivity contribution in [1.82, 2.24) is 15.1 Å². The average molecular weight is 522 g/mol. The van der Waals surface area contributed by atoms with Crippen molar-refractivity contribution in [2.75, 3.05) is 6.54 Å². The molecule has 0 radical (unpaired) electrons. The number of amides is 1. The first-order chi connectivity index (χ1) is 13.8. The number of carbonyl (C=O) groups is 1. The van der Waals surface area contributed by atoms with Gasteiger partial charge in [0.15, 0.2) is 5.76 Å². The van der Waals surface area contributed by atoms with Crippen molar-refractivity contribution in [3.8, 4) is 5.75 Å². The summed E-state index contributed by atoms with van der Waals surface area (Å²) in [7, 11) is 0. The van der Waals surface area contributed by atoms with Gasteiger partial charge >= 0.3 is 0 Å². The molecule has 0 aliphatic heterocycles. The van der Waals surface area contributed by atoms with Crippen LogP contribution in [0, 0.1) is 6.92 Å². The van der Waals surface area contributed by atoms with Crippen LogP contribution >= 0.6 is 50.7 Å². The number of rotatable bonds is 8. The van der Waals surface area contributed by atoms with Crippen molar-refractivity contribution in [1.29, 1.82) is 0 Å². The van der Waals surface area contributed by atoms with Gasteiger partial charge in [-0.2, -0.15) is 5.10 Å². The van der Waals surface area contributed by atoms with Crippen molar-refractivity contribution in [2.24, 2.45) is 0 Å². The lowest BCUT2D eigenvalue weighted by atomic mass is 10.3. The predicted octanol–water partition coefficient (Wildman–Crippen LogP) is 5.91. The lowest BCUT2D eigenvalue weighted by Crippen LogP contribution is -2.25. The summed E-state index contributed by atoms with van der Waals surface area (Å²) in [5, 5.41) is 8.37. The number of furan rings is 1. The highest BCUT2D eigenvalue weighted by Gasteiger charge is 2.13. The van der Waals surface area contributed by atoms with Crippen LogP contribution in [-0.2, 0) is 13.2 Å². The number of hydrogen-bond acceptors (Lipinski definition) is 4. The summed E-state index contributed by atoms with van der Waals surface area (Å²) in [6.07, 6.45) is 0.641. The maximum atomic E-state index is 12.2. The normalized spacial score (nSPS) is 10.9. The summed E-state index contributed by atoms with van der Waals surface area (Å²) < 4.78 is 13.6. The highest BCUT2D eigenvalue weighted by molar-refractivity contribution is 9.10. The number of aryl methyl sites for hydroxylation is 2. The lowest BCUT2D eigenvalue weighted by Gasteiger charge is -2.07. The Hall–Kier alpha value is -1.67. The van der Waals surface area contributed by atoms with E-state index in [1.807, 2.05) is 6.07 Å². The zero-order chi connectivity index (χ0) is 21.0. The van der Waals surface area contributed by atoms with Crippen LogP contribution in [0.25, 0.3) is 0 Å². The Morgan fingerprint density at radius 1 is 1.28 bits per heavy atom. The highest BCUT2D eigenvalue weighted by atomic mass is 79.9. The molecule has 6 nitrogen and oxygen atoms in total. The number of halogens is 4. The second-order valence-electron chi connectivity index (χ2n) is 6.15. The van der Waals surface area contributed by atoms with Gasteiger partial charge in [-0.1, -0.05) is 50.7 Å². The zero-order valence-electron chi connectivity index (χ0n) is 15.3. The number of aromatic nitrogens is 2. The van der Waals surface area contributed by atoms with Gasteiger partial charge in [0.05, 0.1) is 10.7 Å². The third-order valence-electron chi connectivity index (χ3n) is 3.98. The smallest absolute Gasteiger partial charge is 0.286 e. The van der Waals surface area contributed by atoms with E-state index in [2.05, 4.69) is 26.3 Å². The molecular weight excluding hydrogens is 504 g/mol. The molecule has 3 aromatic rings. The molecule has 0 saturated carbocycles. The summed E-state index contributed by atoms with van der Waals surface area (Å²) in [6.45, 7) is 2.92. The second-order valence-corrected chi connectivity index (χ2v) is 8.21. The molecule has 154 valence electrons. The van der Waals surface area contributed by atoms with Crippen LogP contribution in [0.3, 0.4) is 0 Å². The molecule has 0 spiro atoms. The van der Waals surface area contributed by atoms with Gasteiger partial charge in [0.2, 0.25) is 0 Å². The van der Waals surface area contributed by atoms with E-state index >= 15 is 0 Å². The van der Waals surface area contributed by atoms with Crippen LogP contribution < -0.4 is 10.1 Å². The zero-order valence-corrected chi connectivity index (χ0v) is 19.2. The van der Waals surface area contributed by atoms with Gasteiger partial charge in [-0.15, -0.1) is 0 Å². The molecule has 0 fully saturated rings. The molecule has 0 aliphatic rings. The maximum Gasteiger partial charge on any atom is 0.286 e. The molecular formula is C19H17BrCl3N3O3. The van der Waals surface area contributed by atoms with Gasteiger partial charge in [-0.3, -0.25) is 9.48 Å². The molecule has 0 saturated heterocycles. The van der Waals surface area contributed by atoms with Gasteiger partial charge in [0, 0.05) is 17.6 Å². The summed E-state index contributed by atoms with van der Waals surface area (Å²) in [4.78, 5) is 12.2. The van der Waals surface area contributed by atoms with E-state index in [1.165, 1.54) is 0 Å². The van der Waals surface area contributed by atoms with Crippen molar-refractivity contribution >= 4 is 56.6 Å². The third kappa shape index (κ3) is 5.69. The minimum absolute atomic E-state index is 0.159. The van der Waals surface area contributed by atoms with Gasteiger partial charge in [0.25, 0.3) is 5.91 Å². The summed E-state index contributed by atoms with van der Waals surface area (Å²) in [5.74, 6) is 0.952. The first-order valence-electron chi connectivity index (χ1n) is 8.68. The van der Waals surface area contributed by atoms with E-state index in [4.69, 9.17) is 44.0 Å². The monoisotopic (exact) mass is 519 g/mol. The van der Waals surface area contributed by atoms with Gasteiger partial charge in [-0.05, 0) is 43.7 Å². The molecule has 1 amide bonds. The fourth-order valence-corrected chi connectivity index (χ4v) is 3.64. The Labute approximate surface area is 191 Å². The average Bonchev–Trinajstić information content (AvgIpc) is 3.25. The summed E-state index contributed by atoms with van der Waals surface area (Å²) >= 11 is 21.5. The first kappa shape index (κ1) is 22.0. The number of nitrogens with one attached hydrogen (secondary N) is 1. The van der Waals surface area contributed by atoms with Crippen molar-refractivity contribution < 1.29 is 13.9 Å². The molecule has 10 heteroatoms. The van der Waals surface area contributed by atoms with Crippen molar-refractivity contribution in [3.63, 3.8) is 0 Å². The Bertz CT molecular complexity index is 1020. The van der Waals surface area contributed by atoms with E-state index in [9.17, 15) is 4.79 Å².